The van der Waals surface area contributed by atoms with Gasteiger partial charge >= 0.3 is 5.97 Å². The summed E-state index contributed by atoms with van der Waals surface area (Å²) in [5.74, 6) is -6.71. The van der Waals surface area contributed by atoms with Gasteiger partial charge in [-0.15, -0.1) is 0 Å². The van der Waals surface area contributed by atoms with Crippen LogP contribution in [0.2, 0.25) is 0 Å². The summed E-state index contributed by atoms with van der Waals surface area (Å²) >= 11 is 0. The summed E-state index contributed by atoms with van der Waals surface area (Å²) in [5, 5.41) is 54.7. The molecule has 20 heteroatoms. The number of rotatable bonds is 11. The molecule has 0 spiro atoms. The SMILES string of the molecule is CC(=O)N[C@H]1CSSC[C@@H](C(=O)O)NC(=O)[C@H](Cc2ccc(O)cc2)NC(=O)[C@H](CCCCN)NC(=O)[C@H](CO)NC(=O)[C@H](Cc2ccc(O)cc2)NC1=O. The molecular weight excluding hydrogens is 759 g/mol. The predicted octanol–water partition coefficient (Wildman–Crippen LogP) is -1.59. The summed E-state index contributed by atoms with van der Waals surface area (Å²) in [4.78, 5) is 92.5. The second kappa shape index (κ2) is 22.4. The van der Waals surface area contributed by atoms with Crippen LogP contribution in [0.15, 0.2) is 48.5 Å². The number of phenolic OH excluding ortho intramolecular Hbond substituents is 2. The van der Waals surface area contributed by atoms with Crippen molar-refractivity contribution in [2.75, 3.05) is 24.7 Å². The molecule has 300 valence electrons. The van der Waals surface area contributed by atoms with E-state index in [2.05, 4.69) is 31.9 Å². The van der Waals surface area contributed by atoms with Crippen LogP contribution >= 0.6 is 21.6 Å². The van der Waals surface area contributed by atoms with Crippen molar-refractivity contribution >= 4 is 63.0 Å². The van der Waals surface area contributed by atoms with Gasteiger partial charge in [-0.2, -0.15) is 0 Å². The molecule has 1 fully saturated rings. The van der Waals surface area contributed by atoms with Gasteiger partial charge in [-0.25, -0.2) is 4.79 Å². The Hall–Kier alpha value is -5.05. The number of nitrogens with one attached hydrogen (secondary N) is 6. The zero-order valence-corrected chi connectivity index (χ0v) is 31.6. The van der Waals surface area contributed by atoms with Crippen LogP contribution in [0.3, 0.4) is 0 Å². The van der Waals surface area contributed by atoms with Gasteiger partial charge in [0, 0.05) is 31.3 Å². The van der Waals surface area contributed by atoms with E-state index in [0.717, 1.165) is 21.6 Å². The lowest BCUT2D eigenvalue weighted by Gasteiger charge is -2.27. The topological polar surface area (TPSA) is 299 Å². The van der Waals surface area contributed by atoms with Crippen LogP contribution in [0.1, 0.15) is 37.3 Å². The molecule has 12 N–H and O–H groups in total. The van der Waals surface area contributed by atoms with E-state index in [9.17, 15) is 54.0 Å². The molecule has 0 aliphatic carbocycles. The van der Waals surface area contributed by atoms with E-state index in [0.29, 0.717) is 24.0 Å². The van der Waals surface area contributed by atoms with Crippen LogP contribution in [0.5, 0.6) is 11.5 Å². The van der Waals surface area contributed by atoms with Crippen molar-refractivity contribution in [3.8, 4) is 11.5 Å². The highest BCUT2D eigenvalue weighted by Gasteiger charge is 2.34. The van der Waals surface area contributed by atoms with Gasteiger partial charge in [0.2, 0.25) is 35.4 Å². The van der Waals surface area contributed by atoms with Gasteiger partial charge in [0.1, 0.15) is 47.8 Å². The Morgan fingerprint density at radius 3 is 1.65 bits per heavy atom. The first kappa shape index (κ1) is 44.3. The van der Waals surface area contributed by atoms with Gasteiger partial charge in [-0.05, 0) is 61.2 Å². The minimum Gasteiger partial charge on any atom is -0.508 e. The number of carboxylic acids is 1. The maximum absolute atomic E-state index is 13.8. The number of aliphatic carboxylic acids is 1. The number of carbonyl (C=O) groups is 7. The molecule has 3 rings (SSSR count). The molecule has 18 nitrogen and oxygen atoms in total. The number of phenols is 2. The third-order valence-corrected chi connectivity index (χ3v) is 10.7. The summed E-state index contributed by atoms with van der Waals surface area (Å²) in [5.41, 5.74) is 6.65. The highest BCUT2D eigenvalue weighted by molar-refractivity contribution is 8.76. The molecule has 0 unspecified atom stereocenters. The molecular formula is C35H47N7O11S2. The summed E-state index contributed by atoms with van der Waals surface area (Å²) in [6.45, 7) is 0.534. The zero-order chi connectivity index (χ0) is 40.5. The number of unbranched alkanes of at least 4 members (excludes halogenated alkanes) is 1. The summed E-state index contributed by atoms with van der Waals surface area (Å²) in [6, 6.07) is 3.20. The van der Waals surface area contributed by atoms with E-state index in [1.165, 1.54) is 55.5 Å². The third-order valence-electron chi connectivity index (χ3n) is 8.28. The first-order valence-corrected chi connectivity index (χ1v) is 19.8. The van der Waals surface area contributed by atoms with Crippen LogP contribution < -0.4 is 37.6 Å². The van der Waals surface area contributed by atoms with E-state index in [-0.39, 0.29) is 48.8 Å². The predicted molar refractivity (Wildman–Crippen MR) is 203 cm³/mol. The Labute approximate surface area is 324 Å². The maximum Gasteiger partial charge on any atom is 0.327 e. The number of amides is 6. The molecule has 0 radical (unpaired) electrons. The minimum absolute atomic E-state index is 0.0318. The number of carbonyl (C=O) groups excluding carboxylic acids is 6. The molecule has 0 saturated carbocycles. The van der Waals surface area contributed by atoms with Crippen LogP contribution in [0.4, 0.5) is 0 Å². The Kier molecular flexibility index (Phi) is 18.0. The molecule has 1 aliphatic heterocycles. The van der Waals surface area contributed by atoms with E-state index in [4.69, 9.17) is 5.73 Å². The fourth-order valence-corrected chi connectivity index (χ4v) is 7.63. The minimum atomic E-state index is -1.62. The van der Waals surface area contributed by atoms with Crippen molar-refractivity contribution in [1.82, 2.24) is 31.9 Å². The van der Waals surface area contributed by atoms with Crippen molar-refractivity contribution < 1.29 is 54.0 Å². The van der Waals surface area contributed by atoms with Crippen molar-refractivity contribution in [1.29, 1.82) is 0 Å². The van der Waals surface area contributed by atoms with Gasteiger partial charge < -0.3 is 58.1 Å². The Morgan fingerprint density at radius 1 is 0.691 bits per heavy atom. The molecule has 1 saturated heterocycles. The number of benzene rings is 2. The lowest BCUT2D eigenvalue weighted by Crippen LogP contribution is -2.61. The Bertz CT molecular complexity index is 1650. The molecule has 2 aromatic carbocycles. The Morgan fingerprint density at radius 2 is 1.15 bits per heavy atom. The number of aliphatic hydroxyl groups is 1. The van der Waals surface area contributed by atoms with Crippen LogP contribution in [0.25, 0.3) is 0 Å². The first-order chi connectivity index (χ1) is 26.2. The molecule has 0 bridgehead atoms. The maximum atomic E-state index is 13.8. The van der Waals surface area contributed by atoms with Gasteiger partial charge in [0.05, 0.1) is 6.61 Å². The average molecular weight is 806 g/mol. The van der Waals surface area contributed by atoms with Crippen molar-refractivity contribution in [3.63, 3.8) is 0 Å². The fourth-order valence-electron chi connectivity index (χ4n) is 5.31. The van der Waals surface area contributed by atoms with Gasteiger partial charge in [0.15, 0.2) is 0 Å². The number of nitrogens with two attached hydrogens (primary N) is 1. The highest BCUT2D eigenvalue weighted by atomic mass is 33.1. The van der Waals surface area contributed by atoms with Crippen LogP contribution in [-0.2, 0) is 46.4 Å². The number of aromatic hydroxyl groups is 2. The number of hydrogen-bond acceptors (Lipinski definition) is 13. The molecule has 55 heavy (non-hydrogen) atoms. The average Bonchev–Trinajstić information content (AvgIpc) is 3.14. The van der Waals surface area contributed by atoms with Crippen molar-refractivity contribution in [2.45, 2.75) is 75.3 Å². The molecule has 0 aromatic heterocycles. The smallest absolute Gasteiger partial charge is 0.327 e. The molecule has 1 aliphatic rings. The van der Waals surface area contributed by atoms with E-state index < -0.39 is 84.3 Å². The van der Waals surface area contributed by atoms with Crippen LogP contribution in [0, 0.1) is 0 Å². The zero-order valence-electron chi connectivity index (χ0n) is 30.0. The molecule has 1 heterocycles. The largest absolute Gasteiger partial charge is 0.508 e. The van der Waals surface area contributed by atoms with Crippen molar-refractivity contribution in [2.24, 2.45) is 5.73 Å². The second-order valence-electron chi connectivity index (χ2n) is 12.7. The number of hydrogen-bond donors (Lipinski definition) is 11. The molecule has 2 aromatic rings. The van der Waals surface area contributed by atoms with Gasteiger partial charge in [0.25, 0.3) is 0 Å². The number of carboxylic acid groups (broad SMARTS) is 1. The monoisotopic (exact) mass is 805 g/mol. The van der Waals surface area contributed by atoms with Gasteiger partial charge in [-0.1, -0.05) is 45.9 Å². The van der Waals surface area contributed by atoms with E-state index in [1.807, 2.05) is 0 Å². The lowest BCUT2D eigenvalue weighted by atomic mass is 10.0. The van der Waals surface area contributed by atoms with Gasteiger partial charge in [-0.3, -0.25) is 28.8 Å². The Balaban J connectivity index is 2.02. The van der Waals surface area contributed by atoms with Crippen molar-refractivity contribution in [3.05, 3.63) is 59.7 Å². The quantitative estimate of drug-likeness (QED) is 0.0903. The second-order valence-corrected chi connectivity index (χ2v) is 15.2. The van der Waals surface area contributed by atoms with E-state index in [1.54, 1.807) is 0 Å². The standard InChI is InChI=1S/C35H47N7O11S2/c1-19(44)37-28-17-54-55-18-29(35(52)53)42-32(49)26(15-21-7-11-23(46)12-8-21)39-30(47)24(4-2-3-13-36)38-33(50)27(16-43)41-31(48)25(40-34(28)51)14-20-5-9-22(45)10-6-20/h5-12,24-29,43,45-46H,2-4,13-18,36H2,1H3,(H,37,44)(H,38,50)(H,39,47)(H,40,51)(H,41,48)(H,42,49)(H,52,53)/t24-,25-,26-,27-,28-,29-/m0/s1. The normalized spacial score (nSPS) is 23.6. The third kappa shape index (κ3) is 15.0. The fraction of sp³-hybridized carbons (Fsp3) is 0.457. The summed E-state index contributed by atoms with van der Waals surface area (Å²) < 4.78 is 0. The lowest BCUT2D eigenvalue weighted by molar-refractivity contribution is -0.141. The van der Waals surface area contributed by atoms with E-state index >= 15 is 0 Å². The summed E-state index contributed by atoms with van der Waals surface area (Å²) in [6.07, 6.45) is 0.571. The number of aliphatic hydroxyl groups excluding tert-OH is 1. The summed E-state index contributed by atoms with van der Waals surface area (Å²) in [7, 11) is 2.00. The molecule has 6 atom stereocenters. The first-order valence-electron chi connectivity index (χ1n) is 17.3. The van der Waals surface area contributed by atoms with Crippen LogP contribution in [-0.4, -0.2) is 123 Å². The highest BCUT2D eigenvalue weighted by Crippen LogP contribution is 2.24. The molecule has 6 amide bonds.